The third-order valence-corrected chi connectivity index (χ3v) is 5.85. The molecule has 1 saturated carbocycles. The second kappa shape index (κ2) is 9.20. The summed E-state index contributed by atoms with van der Waals surface area (Å²) >= 11 is 0. The van der Waals surface area contributed by atoms with Gasteiger partial charge in [-0.2, -0.15) is 13.2 Å². The summed E-state index contributed by atoms with van der Waals surface area (Å²) in [6.07, 6.45) is -6.98. The molecule has 1 aromatic heterocycles. The SMILES string of the molecule is Cc1nc(CC(=O)O)c(CNC2(C(F)F)CC2)c(NC(C)c2cccc(C(F)(F)F)c2C)n1. The van der Waals surface area contributed by atoms with Crippen molar-refractivity contribution >= 4 is 11.8 Å². The summed E-state index contributed by atoms with van der Waals surface area (Å²) in [6, 6.07) is 3.23. The number of aliphatic carboxylic acids is 1. The lowest BCUT2D eigenvalue weighted by molar-refractivity contribution is -0.138. The maximum Gasteiger partial charge on any atom is 0.416 e. The van der Waals surface area contributed by atoms with Crippen LogP contribution in [-0.4, -0.2) is 33.0 Å². The highest BCUT2D eigenvalue weighted by Crippen LogP contribution is 2.41. The normalized spacial score (nSPS) is 16.0. The molecule has 11 heteroatoms. The molecule has 0 radical (unpaired) electrons. The second-order valence-electron chi connectivity index (χ2n) is 8.31. The Bertz CT molecular complexity index is 1040. The molecule has 0 amide bonds. The van der Waals surface area contributed by atoms with E-state index in [1.54, 1.807) is 19.9 Å². The van der Waals surface area contributed by atoms with Crippen LogP contribution >= 0.6 is 0 Å². The van der Waals surface area contributed by atoms with E-state index in [0.29, 0.717) is 11.1 Å². The number of rotatable bonds is 9. The van der Waals surface area contributed by atoms with Gasteiger partial charge in [-0.1, -0.05) is 12.1 Å². The van der Waals surface area contributed by atoms with E-state index in [1.165, 1.54) is 13.0 Å². The van der Waals surface area contributed by atoms with Crippen LogP contribution in [0.25, 0.3) is 0 Å². The second-order valence-corrected chi connectivity index (χ2v) is 8.31. The van der Waals surface area contributed by atoms with Crippen LogP contribution in [-0.2, 0) is 23.9 Å². The number of carboxylic acids is 1. The molecule has 3 rings (SSSR count). The van der Waals surface area contributed by atoms with Crippen LogP contribution in [0.1, 0.15) is 59.6 Å². The zero-order valence-corrected chi connectivity index (χ0v) is 18.4. The van der Waals surface area contributed by atoms with Crippen molar-refractivity contribution in [2.75, 3.05) is 5.32 Å². The van der Waals surface area contributed by atoms with Crippen LogP contribution in [0.15, 0.2) is 18.2 Å². The van der Waals surface area contributed by atoms with Gasteiger partial charge in [0.05, 0.1) is 29.3 Å². The zero-order valence-electron chi connectivity index (χ0n) is 18.4. The molecule has 1 fully saturated rings. The van der Waals surface area contributed by atoms with Gasteiger partial charge in [0.1, 0.15) is 11.6 Å². The fraction of sp³-hybridized carbons (Fsp3) is 0.500. The lowest BCUT2D eigenvalue weighted by Gasteiger charge is -2.24. The Morgan fingerprint density at radius 3 is 2.42 bits per heavy atom. The van der Waals surface area contributed by atoms with Crippen molar-refractivity contribution in [2.24, 2.45) is 0 Å². The van der Waals surface area contributed by atoms with Crippen molar-refractivity contribution in [1.82, 2.24) is 15.3 Å². The first-order valence-corrected chi connectivity index (χ1v) is 10.4. The number of aromatic nitrogens is 2. The van der Waals surface area contributed by atoms with E-state index >= 15 is 0 Å². The molecule has 6 nitrogen and oxygen atoms in total. The van der Waals surface area contributed by atoms with Gasteiger partial charge < -0.3 is 15.7 Å². The van der Waals surface area contributed by atoms with Crippen LogP contribution in [0.5, 0.6) is 0 Å². The summed E-state index contributed by atoms with van der Waals surface area (Å²) in [5, 5.41) is 15.1. The van der Waals surface area contributed by atoms with Gasteiger partial charge in [0, 0.05) is 12.1 Å². The average Bonchev–Trinajstić information content (AvgIpc) is 3.47. The quantitative estimate of drug-likeness (QED) is 0.455. The van der Waals surface area contributed by atoms with Crippen LogP contribution in [0.4, 0.5) is 27.8 Å². The van der Waals surface area contributed by atoms with Gasteiger partial charge in [-0.25, -0.2) is 18.7 Å². The maximum atomic E-state index is 13.4. The number of halogens is 5. The first-order valence-electron chi connectivity index (χ1n) is 10.4. The molecule has 2 aromatic rings. The van der Waals surface area contributed by atoms with Crippen LogP contribution < -0.4 is 10.6 Å². The molecule has 0 bridgehead atoms. The highest BCUT2D eigenvalue weighted by molar-refractivity contribution is 5.71. The van der Waals surface area contributed by atoms with E-state index in [4.69, 9.17) is 0 Å². The summed E-state index contributed by atoms with van der Waals surface area (Å²) in [7, 11) is 0. The van der Waals surface area contributed by atoms with Gasteiger partial charge in [-0.05, 0) is 50.8 Å². The predicted octanol–water partition coefficient (Wildman–Crippen LogP) is 4.80. The van der Waals surface area contributed by atoms with Crippen molar-refractivity contribution in [3.8, 4) is 0 Å². The molecule has 33 heavy (non-hydrogen) atoms. The van der Waals surface area contributed by atoms with E-state index in [9.17, 15) is 31.9 Å². The molecule has 0 spiro atoms. The average molecular weight is 472 g/mol. The molecule has 1 unspecified atom stereocenters. The van der Waals surface area contributed by atoms with Gasteiger partial charge in [0.15, 0.2) is 0 Å². The molecular weight excluding hydrogens is 447 g/mol. The van der Waals surface area contributed by atoms with Crippen LogP contribution in [0, 0.1) is 13.8 Å². The molecule has 1 atom stereocenters. The van der Waals surface area contributed by atoms with E-state index in [-0.39, 0.29) is 42.3 Å². The lowest BCUT2D eigenvalue weighted by atomic mass is 9.97. The van der Waals surface area contributed by atoms with E-state index in [1.807, 2.05) is 0 Å². The van der Waals surface area contributed by atoms with E-state index < -0.39 is 42.1 Å². The number of carbonyl (C=O) groups is 1. The molecule has 1 aromatic carbocycles. The van der Waals surface area contributed by atoms with Crippen LogP contribution in [0.3, 0.4) is 0 Å². The largest absolute Gasteiger partial charge is 0.481 e. The number of anilines is 1. The van der Waals surface area contributed by atoms with E-state index in [0.717, 1.165) is 6.07 Å². The molecule has 1 heterocycles. The third kappa shape index (κ3) is 5.58. The smallest absolute Gasteiger partial charge is 0.416 e. The predicted molar refractivity (Wildman–Crippen MR) is 111 cm³/mol. The highest BCUT2D eigenvalue weighted by atomic mass is 19.4. The Balaban J connectivity index is 1.96. The first-order chi connectivity index (χ1) is 15.3. The maximum absolute atomic E-state index is 13.4. The molecule has 180 valence electrons. The van der Waals surface area contributed by atoms with Crippen LogP contribution in [0.2, 0.25) is 0 Å². The molecular formula is C22H25F5N4O2. The third-order valence-electron chi connectivity index (χ3n) is 5.85. The standard InChI is InChI=1S/C22H25F5N4O2/c1-11-14(5-4-6-16(11)22(25,26)27)12(2)29-19-15(10-28-21(7-8-21)20(23)24)17(9-18(32)33)30-13(3)31-19/h4-6,12,20,28H,7-10H2,1-3H3,(H,32,33)(H,29,30,31). The van der Waals surface area contributed by atoms with Crippen molar-refractivity contribution in [2.45, 2.75) is 70.8 Å². The fourth-order valence-corrected chi connectivity index (χ4v) is 3.83. The highest BCUT2D eigenvalue weighted by Gasteiger charge is 2.50. The van der Waals surface area contributed by atoms with Gasteiger partial charge >= 0.3 is 12.1 Å². The van der Waals surface area contributed by atoms with Gasteiger partial charge in [-0.15, -0.1) is 0 Å². The number of nitrogens with one attached hydrogen (secondary N) is 2. The Kier molecular flexibility index (Phi) is 6.92. The summed E-state index contributed by atoms with van der Waals surface area (Å²) in [5.41, 5.74) is -1.20. The number of nitrogens with zero attached hydrogens (tertiary/aromatic N) is 2. The lowest BCUT2D eigenvalue weighted by Crippen LogP contribution is -2.38. The molecule has 1 aliphatic carbocycles. The number of benzene rings is 1. The number of hydrogen-bond donors (Lipinski definition) is 3. The Morgan fingerprint density at radius 2 is 1.88 bits per heavy atom. The van der Waals surface area contributed by atoms with Gasteiger partial charge in [-0.3, -0.25) is 4.79 Å². The number of aryl methyl sites for hydroxylation is 1. The summed E-state index contributed by atoms with van der Waals surface area (Å²) in [6.45, 7) is 4.47. The van der Waals surface area contributed by atoms with Crippen molar-refractivity contribution in [1.29, 1.82) is 0 Å². The van der Waals surface area contributed by atoms with Crippen molar-refractivity contribution in [3.05, 3.63) is 52.0 Å². The summed E-state index contributed by atoms with van der Waals surface area (Å²) in [4.78, 5) is 19.8. The Morgan fingerprint density at radius 1 is 1.21 bits per heavy atom. The number of alkyl halides is 5. The minimum atomic E-state index is -4.51. The molecule has 3 N–H and O–H groups in total. The minimum absolute atomic E-state index is 0.0517. The zero-order chi connectivity index (χ0) is 24.6. The molecule has 0 saturated heterocycles. The minimum Gasteiger partial charge on any atom is -0.481 e. The Hall–Kier alpha value is -2.82. The topological polar surface area (TPSA) is 87.1 Å². The first kappa shape index (κ1) is 24.8. The van der Waals surface area contributed by atoms with Crippen molar-refractivity contribution < 1.29 is 31.9 Å². The van der Waals surface area contributed by atoms with Gasteiger partial charge in [0.25, 0.3) is 6.43 Å². The summed E-state index contributed by atoms with van der Waals surface area (Å²) in [5.74, 6) is -0.710. The fourth-order valence-electron chi connectivity index (χ4n) is 3.83. The van der Waals surface area contributed by atoms with E-state index in [2.05, 4.69) is 20.6 Å². The van der Waals surface area contributed by atoms with Crippen molar-refractivity contribution in [3.63, 3.8) is 0 Å². The number of hydrogen-bond acceptors (Lipinski definition) is 5. The summed E-state index contributed by atoms with van der Waals surface area (Å²) < 4.78 is 66.7. The number of carboxylic acid groups (broad SMARTS) is 1. The molecule has 0 aliphatic heterocycles. The Labute approximate surface area is 187 Å². The molecule has 1 aliphatic rings. The monoisotopic (exact) mass is 472 g/mol. The van der Waals surface area contributed by atoms with Gasteiger partial charge in [0.2, 0.25) is 0 Å².